The zero-order valence-electron chi connectivity index (χ0n) is 11.7. The van der Waals surface area contributed by atoms with Crippen molar-refractivity contribution in [2.45, 2.75) is 32.7 Å². The molecule has 2 aromatic rings. The van der Waals surface area contributed by atoms with E-state index in [1.165, 1.54) is 6.07 Å². The molecule has 0 heterocycles. The molecule has 2 aromatic carbocycles. The zero-order valence-corrected chi connectivity index (χ0v) is 11.7. The zero-order chi connectivity index (χ0) is 14.3. The Bertz CT molecular complexity index is 666. The molecule has 0 saturated carbocycles. The van der Waals surface area contributed by atoms with Crippen molar-refractivity contribution in [1.82, 2.24) is 0 Å². The highest BCUT2D eigenvalue weighted by Crippen LogP contribution is 2.37. The number of rotatable bonds is 2. The summed E-state index contributed by atoms with van der Waals surface area (Å²) >= 11 is 0. The van der Waals surface area contributed by atoms with Gasteiger partial charge in [-0.15, -0.1) is 0 Å². The molecule has 3 rings (SSSR count). The Morgan fingerprint density at radius 3 is 2.80 bits per heavy atom. The Labute approximate surface area is 118 Å². The fraction of sp³-hybridized carbons (Fsp3) is 0.294. The standard InChI is InChI=1S/C17H18FNO/c1-10-6-8-15(11(2)17(10)20)19-16-9-7-12-13(16)4-3-5-14(12)18/h3-6,8,16,19-20H,7,9H2,1-2H3. The third-order valence-corrected chi connectivity index (χ3v) is 4.18. The van der Waals surface area contributed by atoms with E-state index in [9.17, 15) is 9.50 Å². The topological polar surface area (TPSA) is 32.3 Å². The average Bonchev–Trinajstić information content (AvgIpc) is 2.84. The van der Waals surface area contributed by atoms with E-state index < -0.39 is 0 Å². The molecule has 1 aliphatic rings. The number of benzene rings is 2. The monoisotopic (exact) mass is 271 g/mol. The van der Waals surface area contributed by atoms with Gasteiger partial charge in [0.2, 0.25) is 0 Å². The first-order valence-corrected chi connectivity index (χ1v) is 6.91. The van der Waals surface area contributed by atoms with Gasteiger partial charge in [-0.3, -0.25) is 0 Å². The first kappa shape index (κ1) is 13.0. The van der Waals surface area contributed by atoms with Crippen LogP contribution < -0.4 is 5.32 Å². The number of hydrogen-bond donors (Lipinski definition) is 2. The lowest BCUT2D eigenvalue weighted by molar-refractivity contribution is 0.467. The van der Waals surface area contributed by atoms with E-state index in [0.717, 1.165) is 40.8 Å². The van der Waals surface area contributed by atoms with Gasteiger partial charge in [0.15, 0.2) is 0 Å². The number of phenols is 1. The molecule has 1 atom stereocenters. The van der Waals surface area contributed by atoms with Gasteiger partial charge in [-0.25, -0.2) is 4.39 Å². The molecule has 0 radical (unpaired) electrons. The maximum absolute atomic E-state index is 13.7. The Balaban J connectivity index is 1.92. The molecular weight excluding hydrogens is 253 g/mol. The van der Waals surface area contributed by atoms with Crippen molar-refractivity contribution >= 4 is 5.69 Å². The van der Waals surface area contributed by atoms with Crippen LogP contribution in [0.15, 0.2) is 30.3 Å². The summed E-state index contributed by atoms with van der Waals surface area (Å²) in [6.45, 7) is 3.78. The Morgan fingerprint density at radius 2 is 2.00 bits per heavy atom. The molecule has 0 aromatic heterocycles. The van der Waals surface area contributed by atoms with Crippen LogP contribution in [0.1, 0.15) is 34.7 Å². The molecule has 0 spiro atoms. The molecule has 2 N–H and O–H groups in total. The van der Waals surface area contributed by atoms with Crippen molar-refractivity contribution in [2.75, 3.05) is 5.32 Å². The summed E-state index contributed by atoms with van der Waals surface area (Å²) in [6, 6.07) is 9.24. The fourth-order valence-electron chi connectivity index (χ4n) is 2.94. The van der Waals surface area contributed by atoms with Crippen molar-refractivity contribution in [3.63, 3.8) is 0 Å². The first-order valence-electron chi connectivity index (χ1n) is 6.91. The first-order chi connectivity index (χ1) is 9.58. The largest absolute Gasteiger partial charge is 0.507 e. The molecule has 0 bridgehead atoms. The Hall–Kier alpha value is -2.03. The molecule has 20 heavy (non-hydrogen) atoms. The molecule has 104 valence electrons. The number of aryl methyl sites for hydroxylation is 1. The van der Waals surface area contributed by atoms with Gasteiger partial charge in [-0.05, 0) is 55.5 Å². The van der Waals surface area contributed by atoms with Crippen LogP contribution in [0.25, 0.3) is 0 Å². The number of aromatic hydroxyl groups is 1. The molecule has 0 fully saturated rings. The lowest BCUT2D eigenvalue weighted by Crippen LogP contribution is -2.08. The van der Waals surface area contributed by atoms with Crippen LogP contribution in [0.4, 0.5) is 10.1 Å². The third-order valence-electron chi connectivity index (χ3n) is 4.18. The van der Waals surface area contributed by atoms with E-state index in [2.05, 4.69) is 5.32 Å². The number of hydrogen-bond acceptors (Lipinski definition) is 2. The molecule has 1 unspecified atom stereocenters. The van der Waals surface area contributed by atoms with Gasteiger partial charge >= 0.3 is 0 Å². The van der Waals surface area contributed by atoms with Crippen molar-refractivity contribution in [3.8, 4) is 5.75 Å². The van der Waals surface area contributed by atoms with Crippen molar-refractivity contribution in [1.29, 1.82) is 0 Å². The number of nitrogens with one attached hydrogen (secondary N) is 1. The second-order valence-corrected chi connectivity index (χ2v) is 5.45. The molecule has 0 aliphatic heterocycles. The molecular formula is C17H18FNO. The summed E-state index contributed by atoms with van der Waals surface area (Å²) in [5.41, 5.74) is 4.47. The van der Waals surface area contributed by atoms with E-state index in [4.69, 9.17) is 0 Å². The number of fused-ring (bicyclic) bond motifs is 1. The average molecular weight is 271 g/mol. The van der Waals surface area contributed by atoms with E-state index in [1.807, 2.05) is 32.0 Å². The predicted octanol–water partition coefficient (Wildman–Crippen LogP) is 4.25. The van der Waals surface area contributed by atoms with Gasteiger partial charge in [0.1, 0.15) is 11.6 Å². The van der Waals surface area contributed by atoms with Gasteiger partial charge in [0.05, 0.1) is 6.04 Å². The fourth-order valence-corrected chi connectivity index (χ4v) is 2.94. The van der Waals surface area contributed by atoms with Gasteiger partial charge in [0, 0.05) is 11.3 Å². The smallest absolute Gasteiger partial charge is 0.126 e. The van der Waals surface area contributed by atoms with E-state index in [-0.39, 0.29) is 11.9 Å². The number of anilines is 1. The maximum Gasteiger partial charge on any atom is 0.126 e. The molecule has 3 heteroatoms. The summed E-state index contributed by atoms with van der Waals surface area (Å²) in [6.07, 6.45) is 1.64. The maximum atomic E-state index is 13.7. The molecule has 0 amide bonds. The highest BCUT2D eigenvalue weighted by molar-refractivity contribution is 5.60. The van der Waals surface area contributed by atoms with Gasteiger partial charge < -0.3 is 10.4 Å². The van der Waals surface area contributed by atoms with Crippen LogP contribution >= 0.6 is 0 Å². The SMILES string of the molecule is Cc1ccc(NC2CCc3c(F)cccc32)c(C)c1O. The van der Waals surface area contributed by atoms with Gasteiger partial charge in [-0.1, -0.05) is 18.2 Å². The third kappa shape index (κ3) is 2.03. The van der Waals surface area contributed by atoms with Gasteiger partial charge in [-0.2, -0.15) is 0 Å². The van der Waals surface area contributed by atoms with Crippen molar-refractivity contribution < 1.29 is 9.50 Å². The van der Waals surface area contributed by atoms with E-state index >= 15 is 0 Å². The normalized spacial score (nSPS) is 17.1. The number of halogens is 1. The van der Waals surface area contributed by atoms with Crippen molar-refractivity contribution in [2.24, 2.45) is 0 Å². The summed E-state index contributed by atoms with van der Waals surface area (Å²) in [4.78, 5) is 0. The number of phenolic OH excluding ortho intramolecular Hbond substituents is 1. The highest BCUT2D eigenvalue weighted by Gasteiger charge is 2.25. The second kappa shape index (κ2) is 4.82. The van der Waals surface area contributed by atoms with Crippen LogP contribution in [-0.4, -0.2) is 5.11 Å². The Morgan fingerprint density at radius 1 is 1.20 bits per heavy atom. The van der Waals surface area contributed by atoms with E-state index in [0.29, 0.717) is 5.75 Å². The minimum atomic E-state index is -0.115. The van der Waals surface area contributed by atoms with Crippen LogP contribution in [0.3, 0.4) is 0 Å². The minimum absolute atomic E-state index is 0.113. The second-order valence-electron chi connectivity index (χ2n) is 5.45. The lowest BCUT2D eigenvalue weighted by Gasteiger charge is -2.18. The molecule has 2 nitrogen and oxygen atoms in total. The Kier molecular flexibility index (Phi) is 3.13. The van der Waals surface area contributed by atoms with Crippen LogP contribution in [0.5, 0.6) is 5.75 Å². The summed E-state index contributed by atoms with van der Waals surface area (Å²) in [5, 5.41) is 13.4. The summed E-state index contributed by atoms with van der Waals surface area (Å²) in [7, 11) is 0. The van der Waals surface area contributed by atoms with E-state index in [1.54, 1.807) is 6.07 Å². The summed E-state index contributed by atoms with van der Waals surface area (Å²) in [5.74, 6) is 0.211. The van der Waals surface area contributed by atoms with Crippen LogP contribution in [0.2, 0.25) is 0 Å². The minimum Gasteiger partial charge on any atom is -0.507 e. The quantitative estimate of drug-likeness (QED) is 0.856. The lowest BCUT2D eigenvalue weighted by atomic mass is 10.1. The predicted molar refractivity (Wildman–Crippen MR) is 78.7 cm³/mol. The van der Waals surface area contributed by atoms with Crippen molar-refractivity contribution in [3.05, 3.63) is 58.4 Å². The highest BCUT2D eigenvalue weighted by atomic mass is 19.1. The summed E-state index contributed by atoms with van der Waals surface area (Å²) < 4.78 is 13.7. The molecule has 0 saturated heterocycles. The van der Waals surface area contributed by atoms with Crippen LogP contribution in [0, 0.1) is 19.7 Å². The van der Waals surface area contributed by atoms with Gasteiger partial charge in [0.25, 0.3) is 0 Å². The molecule has 1 aliphatic carbocycles. The van der Waals surface area contributed by atoms with Crippen LogP contribution in [-0.2, 0) is 6.42 Å².